The average molecular weight is 497 g/mol. The van der Waals surface area contributed by atoms with E-state index in [1.165, 1.54) is 25.3 Å². The van der Waals surface area contributed by atoms with Gasteiger partial charge < -0.3 is 19.7 Å². The van der Waals surface area contributed by atoms with Crippen LogP contribution in [0.3, 0.4) is 0 Å². The van der Waals surface area contributed by atoms with Gasteiger partial charge >= 0.3 is 12.0 Å². The van der Waals surface area contributed by atoms with Crippen molar-refractivity contribution < 1.29 is 19.7 Å². The molecule has 4 aromatic rings. The summed E-state index contributed by atoms with van der Waals surface area (Å²) in [5.41, 5.74) is 5.07. The minimum Gasteiger partial charge on any atom is -0.467 e. The topological polar surface area (TPSA) is 110 Å². The molecule has 34 heavy (non-hydrogen) atoms. The maximum atomic E-state index is 9.80. The molecule has 10 heteroatoms. The lowest BCUT2D eigenvalue weighted by Crippen LogP contribution is -2.41. The zero-order valence-corrected chi connectivity index (χ0v) is 20.3. The third kappa shape index (κ3) is 4.07. The normalized spacial score (nSPS) is 21.8. The van der Waals surface area contributed by atoms with E-state index in [0.717, 1.165) is 11.4 Å². The third-order valence-electron chi connectivity index (χ3n) is 6.33. The molecule has 4 aromatic heterocycles. The predicted octanol–water partition coefficient (Wildman–Crippen LogP) is 3.84. The van der Waals surface area contributed by atoms with Gasteiger partial charge in [-0.2, -0.15) is 42.6 Å². The zero-order chi connectivity index (χ0) is 23.7. The van der Waals surface area contributed by atoms with E-state index in [1.807, 2.05) is 12.1 Å². The first-order chi connectivity index (χ1) is 16.7. The molecule has 0 amide bonds. The quantitative estimate of drug-likeness (QED) is 0.379. The SMILES string of the molecule is COc1nc(CO)cc(C2C(c3ccsc3)C(c3cc(CO)nc(OC)n3)C2c2ccsc2)n1. The van der Waals surface area contributed by atoms with Crippen LogP contribution in [-0.2, 0) is 13.2 Å². The highest BCUT2D eigenvalue weighted by molar-refractivity contribution is 7.08. The van der Waals surface area contributed by atoms with Gasteiger partial charge in [0.05, 0.1) is 50.2 Å². The Labute approximate surface area is 204 Å². The molecule has 4 heterocycles. The Morgan fingerprint density at radius 1 is 0.706 bits per heavy atom. The molecule has 0 radical (unpaired) electrons. The number of hydrogen-bond acceptors (Lipinski definition) is 10. The molecule has 0 saturated heterocycles. The van der Waals surface area contributed by atoms with Crippen LogP contribution in [0.1, 0.15) is 57.6 Å². The van der Waals surface area contributed by atoms with Gasteiger partial charge in [-0.3, -0.25) is 0 Å². The molecule has 0 bridgehead atoms. The summed E-state index contributed by atoms with van der Waals surface area (Å²) in [4.78, 5) is 17.9. The summed E-state index contributed by atoms with van der Waals surface area (Å²) < 4.78 is 10.7. The minimum atomic E-state index is -0.197. The predicted molar refractivity (Wildman–Crippen MR) is 129 cm³/mol. The fourth-order valence-electron chi connectivity index (χ4n) is 4.92. The number of ether oxygens (including phenoxy) is 2. The van der Waals surface area contributed by atoms with Crippen molar-refractivity contribution in [2.75, 3.05) is 14.2 Å². The number of aliphatic hydroxyl groups excluding tert-OH is 2. The average Bonchev–Trinajstić information content (AvgIpc) is 3.58. The Balaban J connectivity index is 1.69. The summed E-state index contributed by atoms with van der Waals surface area (Å²) in [7, 11) is 3.06. The maximum Gasteiger partial charge on any atom is 0.316 e. The monoisotopic (exact) mass is 496 g/mol. The Morgan fingerprint density at radius 2 is 1.15 bits per heavy atom. The van der Waals surface area contributed by atoms with Crippen molar-refractivity contribution in [3.05, 3.63) is 79.7 Å². The highest BCUT2D eigenvalue weighted by atomic mass is 32.1. The van der Waals surface area contributed by atoms with Gasteiger partial charge in [0.25, 0.3) is 0 Å². The second-order valence-corrected chi connectivity index (χ2v) is 9.63. The summed E-state index contributed by atoms with van der Waals surface area (Å²) in [6, 6.07) is 8.48. The Hall–Kier alpha value is -2.92. The number of aromatic nitrogens is 4. The number of aliphatic hydroxyl groups is 2. The lowest BCUT2D eigenvalue weighted by Gasteiger charge is -2.52. The summed E-state index contributed by atoms with van der Waals surface area (Å²) >= 11 is 3.30. The van der Waals surface area contributed by atoms with E-state index in [0.29, 0.717) is 11.4 Å². The zero-order valence-electron chi connectivity index (χ0n) is 18.7. The van der Waals surface area contributed by atoms with Crippen molar-refractivity contribution >= 4 is 22.7 Å². The highest BCUT2D eigenvalue weighted by Crippen LogP contribution is 2.66. The number of rotatable bonds is 8. The largest absolute Gasteiger partial charge is 0.467 e. The van der Waals surface area contributed by atoms with Gasteiger partial charge in [-0.15, -0.1) is 0 Å². The standard InChI is InChI=1S/C24H24N4O4S2/c1-31-23-25-15(9-29)7-17(27-23)21-19(13-3-5-33-11-13)22(20(21)14-4-6-34-12-14)18-8-16(10-30)26-24(28-18)32-2/h3-8,11-12,19-22,29-30H,9-10H2,1-2H3. The number of methoxy groups -OCH3 is 2. The van der Waals surface area contributed by atoms with Crippen LogP contribution in [0.25, 0.3) is 0 Å². The van der Waals surface area contributed by atoms with Crippen LogP contribution in [0.4, 0.5) is 0 Å². The van der Waals surface area contributed by atoms with E-state index >= 15 is 0 Å². The molecule has 176 valence electrons. The van der Waals surface area contributed by atoms with Crippen molar-refractivity contribution in [3.8, 4) is 12.0 Å². The summed E-state index contributed by atoms with van der Waals surface area (Å²) in [6.07, 6.45) is 0. The van der Waals surface area contributed by atoms with Crippen molar-refractivity contribution in [3.63, 3.8) is 0 Å². The van der Waals surface area contributed by atoms with Crippen LogP contribution >= 0.6 is 22.7 Å². The van der Waals surface area contributed by atoms with E-state index in [4.69, 9.17) is 19.4 Å². The molecule has 1 aliphatic carbocycles. The van der Waals surface area contributed by atoms with Crippen molar-refractivity contribution in [2.45, 2.75) is 36.9 Å². The lowest BCUT2D eigenvalue weighted by molar-refractivity contribution is 0.214. The second-order valence-electron chi connectivity index (χ2n) is 8.07. The molecule has 0 aromatic carbocycles. The summed E-state index contributed by atoms with van der Waals surface area (Å²) in [5.74, 6) is 0.145. The number of thiophene rings is 2. The van der Waals surface area contributed by atoms with E-state index in [9.17, 15) is 10.2 Å². The van der Waals surface area contributed by atoms with Crippen molar-refractivity contribution in [1.29, 1.82) is 0 Å². The minimum absolute atomic E-state index is 0.00920. The fraction of sp³-hybridized carbons (Fsp3) is 0.333. The smallest absolute Gasteiger partial charge is 0.316 e. The fourth-order valence-corrected chi connectivity index (χ4v) is 6.33. The maximum absolute atomic E-state index is 9.80. The number of nitrogens with zero attached hydrogens (tertiary/aromatic N) is 4. The van der Waals surface area contributed by atoms with Crippen molar-refractivity contribution in [2.24, 2.45) is 0 Å². The van der Waals surface area contributed by atoms with Gasteiger partial charge in [-0.25, -0.2) is 0 Å². The van der Waals surface area contributed by atoms with Crippen LogP contribution in [0.15, 0.2) is 45.8 Å². The van der Waals surface area contributed by atoms with Crippen LogP contribution in [-0.4, -0.2) is 44.4 Å². The molecule has 2 N–H and O–H groups in total. The van der Waals surface area contributed by atoms with Gasteiger partial charge in [0.15, 0.2) is 0 Å². The van der Waals surface area contributed by atoms with Crippen LogP contribution < -0.4 is 9.47 Å². The molecular weight excluding hydrogens is 472 g/mol. The Kier molecular flexibility index (Phi) is 6.55. The molecule has 1 aliphatic rings. The van der Waals surface area contributed by atoms with Gasteiger partial charge in [0, 0.05) is 23.7 Å². The van der Waals surface area contributed by atoms with Gasteiger partial charge in [0.2, 0.25) is 0 Å². The molecule has 8 nitrogen and oxygen atoms in total. The van der Waals surface area contributed by atoms with Gasteiger partial charge in [-0.05, 0) is 56.9 Å². The van der Waals surface area contributed by atoms with Crippen LogP contribution in [0, 0.1) is 0 Å². The Morgan fingerprint density at radius 3 is 1.47 bits per heavy atom. The van der Waals surface area contributed by atoms with E-state index in [-0.39, 0.29) is 48.9 Å². The molecule has 0 unspecified atom stereocenters. The third-order valence-corrected chi connectivity index (χ3v) is 7.74. The van der Waals surface area contributed by atoms with Crippen LogP contribution in [0.5, 0.6) is 12.0 Å². The van der Waals surface area contributed by atoms with Gasteiger partial charge in [0.1, 0.15) is 0 Å². The summed E-state index contributed by atoms with van der Waals surface area (Å²) in [6.45, 7) is -0.394. The molecular formula is C24H24N4O4S2. The number of hydrogen-bond donors (Lipinski definition) is 2. The van der Waals surface area contributed by atoms with Crippen molar-refractivity contribution in [1.82, 2.24) is 19.9 Å². The molecule has 0 aliphatic heterocycles. The first kappa shape index (κ1) is 22.9. The second kappa shape index (κ2) is 9.75. The lowest BCUT2D eigenvalue weighted by atomic mass is 9.51. The highest BCUT2D eigenvalue weighted by Gasteiger charge is 2.54. The van der Waals surface area contributed by atoms with Gasteiger partial charge in [-0.1, -0.05) is 0 Å². The van der Waals surface area contributed by atoms with E-state index < -0.39 is 0 Å². The Bertz CT molecular complexity index is 1100. The molecule has 0 spiro atoms. The molecule has 5 rings (SSSR count). The first-order valence-electron chi connectivity index (χ1n) is 10.8. The summed E-state index contributed by atoms with van der Waals surface area (Å²) in [5, 5.41) is 28.1. The van der Waals surface area contributed by atoms with Crippen LogP contribution in [0.2, 0.25) is 0 Å². The molecule has 0 atom stereocenters. The first-order valence-corrected chi connectivity index (χ1v) is 12.6. The molecule has 1 saturated carbocycles. The van der Waals surface area contributed by atoms with E-state index in [2.05, 4.69) is 43.6 Å². The molecule has 1 fully saturated rings. The van der Waals surface area contributed by atoms with E-state index in [1.54, 1.807) is 22.7 Å².